The maximum Gasteiger partial charge on any atom is 0.410 e. The molecule has 0 aromatic rings. The second-order valence-corrected chi connectivity index (χ2v) is 9.37. The van der Waals surface area contributed by atoms with Crippen molar-refractivity contribution in [3.63, 3.8) is 0 Å². The largest absolute Gasteiger partial charge is 0.444 e. The molecule has 0 fully saturated rings. The van der Waals surface area contributed by atoms with Crippen LogP contribution in [0.3, 0.4) is 0 Å². The second-order valence-electron chi connectivity index (χ2n) is 6.09. The average Bonchev–Trinajstić information content (AvgIpc) is 2.38. The third-order valence-corrected chi connectivity index (χ3v) is 4.42. The predicted octanol–water partition coefficient (Wildman–Crippen LogP) is 3.52. The Balaban J connectivity index is 2.77. The van der Waals surface area contributed by atoms with Crippen LogP contribution in [0.5, 0.6) is 0 Å². The first-order valence-corrected chi connectivity index (χ1v) is 8.92. The van der Waals surface area contributed by atoms with Gasteiger partial charge in [-0.2, -0.15) is 0 Å². The summed E-state index contributed by atoms with van der Waals surface area (Å²) < 4.78 is 17.5. The fourth-order valence-corrected chi connectivity index (χ4v) is 2.84. The van der Waals surface area contributed by atoms with Crippen molar-refractivity contribution in [3.8, 4) is 0 Å². The van der Waals surface area contributed by atoms with Gasteiger partial charge in [0.25, 0.3) is 0 Å². The zero-order chi connectivity index (χ0) is 14.0. The number of ether oxygens (including phenoxy) is 1. The van der Waals surface area contributed by atoms with Crippen LogP contribution in [-0.4, -0.2) is 43.0 Å². The Hall–Kier alpha value is -0.760. The quantitative estimate of drug-likeness (QED) is 0.687. The van der Waals surface area contributed by atoms with Gasteiger partial charge in [0.2, 0.25) is 0 Å². The zero-order valence-corrected chi connectivity index (χ0v) is 12.9. The maximum atomic E-state index is 12.1. The van der Waals surface area contributed by atoms with E-state index in [-0.39, 0.29) is 6.09 Å². The molecule has 0 aromatic heterocycles. The van der Waals surface area contributed by atoms with E-state index in [1.807, 2.05) is 26.8 Å². The number of carbonyl (C=O) groups excluding carboxylic acids is 1. The molecule has 1 aliphatic rings. The van der Waals surface area contributed by atoms with Crippen LogP contribution >= 0.6 is 7.14 Å². The number of nitrogens with zero attached hydrogens (tertiary/aromatic N) is 1. The van der Waals surface area contributed by atoms with Crippen LogP contribution in [-0.2, 0) is 9.30 Å². The summed E-state index contributed by atoms with van der Waals surface area (Å²) in [6.45, 7) is 10.1. The molecule has 4 nitrogen and oxygen atoms in total. The summed E-state index contributed by atoms with van der Waals surface area (Å²) >= 11 is 0. The minimum atomic E-state index is -2.29. The lowest BCUT2D eigenvalue weighted by molar-refractivity contribution is 0.0272. The topological polar surface area (TPSA) is 46.6 Å². The molecule has 1 amide bonds. The SMILES string of the molecule is CC(C)(C)OC(=O)N1CCCC=C(P(C)(C)=O)C1. The molecule has 1 heterocycles. The van der Waals surface area contributed by atoms with Crippen LogP contribution in [0.15, 0.2) is 11.4 Å². The molecule has 0 aromatic carbocycles. The van der Waals surface area contributed by atoms with Crippen LogP contribution in [0.4, 0.5) is 4.79 Å². The Bertz CT molecular complexity index is 390. The van der Waals surface area contributed by atoms with Crippen LogP contribution in [0.1, 0.15) is 33.6 Å². The van der Waals surface area contributed by atoms with E-state index in [1.165, 1.54) is 0 Å². The van der Waals surface area contributed by atoms with E-state index >= 15 is 0 Å². The smallest absolute Gasteiger partial charge is 0.410 e. The summed E-state index contributed by atoms with van der Waals surface area (Å²) in [6, 6.07) is 0. The van der Waals surface area contributed by atoms with Gasteiger partial charge < -0.3 is 14.2 Å². The molecule has 0 N–H and O–H groups in total. The maximum absolute atomic E-state index is 12.1. The lowest BCUT2D eigenvalue weighted by atomic mass is 10.2. The number of hydrogen-bond acceptors (Lipinski definition) is 3. The van der Waals surface area contributed by atoms with Gasteiger partial charge in [-0.1, -0.05) is 6.08 Å². The van der Waals surface area contributed by atoms with Gasteiger partial charge in [-0.05, 0) is 46.9 Å². The van der Waals surface area contributed by atoms with Crippen molar-refractivity contribution in [1.29, 1.82) is 0 Å². The van der Waals surface area contributed by atoms with E-state index in [4.69, 9.17) is 4.74 Å². The Morgan fingerprint density at radius 3 is 2.50 bits per heavy atom. The van der Waals surface area contributed by atoms with Crippen LogP contribution in [0, 0.1) is 0 Å². The van der Waals surface area contributed by atoms with Crippen LogP contribution < -0.4 is 0 Å². The van der Waals surface area contributed by atoms with E-state index < -0.39 is 12.7 Å². The molecule has 104 valence electrons. The molecule has 0 atom stereocenters. The number of allylic oxidation sites excluding steroid dienone is 1. The standard InChI is InChI=1S/C13H24NO3P/c1-13(2,3)17-12(15)14-9-7-6-8-11(10-14)18(4,5)16/h8H,6-7,9-10H2,1-5H3. The number of carbonyl (C=O) groups is 1. The van der Waals surface area contributed by atoms with E-state index in [0.29, 0.717) is 13.1 Å². The number of hydrogen-bond donors (Lipinski definition) is 0. The highest BCUT2D eigenvalue weighted by atomic mass is 31.2. The Morgan fingerprint density at radius 1 is 1.39 bits per heavy atom. The summed E-state index contributed by atoms with van der Waals surface area (Å²) in [5.74, 6) is 0. The molecule has 0 aliphatic carbocycles. The zero-order valence-electron chi connectivity index (χ0n) is 12.0. The minimum absolute atomic E-state index is 0.316. The minimum Gasteiger partial charge on any atom is -0.444 e. The third-order valence-electron chi connectivity index (χ3n) is 2.71. The fraction of sp³-hybridized carbons (Fsp3) is 0.769. The summed E-state index contributed by atoms with van der Waals surface area (Å²) in [7, 11) is -2.29. The average molecular weight is 273 g/mol. The van der Waals surface area contributed by atoms with Crippen molar-refractivity contribution < 1.29 is 14.1 Å². The highest BCUT2D eigenvalue weighted by Gasteiger charge is 2.26. The number of amides is 1. The monoisotopic (exact) mass is 273 g/mol. The molecule has 0 bridgehead atoms. The Morgan fingerprint density at radius 2 is 2.00 bits per heavy atom. The fourth-order valence-electron chi connectivity index (χ4n) is 1.76. The lowest BCUT2D eigenvalue weighted by Crippen LogP contribution is -2.38. The second kappa shape index (κ2) is 5.48. The first kappa shape index (κ1) is 15.3. The molecule has 0 unspecified atom stereocenters. The lowest BCUT2D eigenvalue weighted by Gasteiger charge is -2.27. The van der Waals surface area contributed by atoms with Crippen molar-refractivity contribution in [2.45, 2.75) is 39.2 Å². The molecule has 0 saturated heterocycles. The van der Waals surface area contributed by atoms with E-state index in [0.717, 1.165) is 18.2 Å². The molecule has 5 heteroatoms. The van der Waals surface area contributed by atoms with Gasteiger partial charge in [0.1, 0.15) is 12.7 Å². The first-order valence-electron chi connectivity index (χ1n) is 6.32. The summed E-state index contributed by atoms with van der Waals surface area (Å²) in [4.78, 5) is 13.7. The molecule has 0 radical (unpaired) electrons. The molecule has 0 saturated carbocycles. The van der Waals surface area contributed by atoms with Gasteiger partial charge in [0, 0.05) is 11.9 Å². The van der Waals surface area contributed by atoms with Crippen LogP contribution in [0.25, 0.3) is 0 Å². The Kier molecular flexibility index (Phi) is 4.66. The van der Waals surface area contributed by atoms with Crippen molar-refractivity contribution in [2.75, 3.05) is 26.4 Å². The normalized spacial score (nSPS) is 18.1. The molecule has 1 rings (SSSR count). The van der Waals surface area contributed by atoms with Gasteiger partial charge in [-0.3, -0.25) is 0 Å². The molecule has 0 spiro atoms. The number of rotatable bonds is 1. The van der Waals surface area contributed by atoms with Gasteiger partial charge in [-0.15, -0.1) is 0 Å². The van der Waals surface area contributed by atoms with Gasteiger partial charge in [0.15, 0.2) is 0 Å². The molecular weight excluding hydrogens is 249 g/mol. The molecular formula is C13H24NO3P. The third kappa shape index (κ3) is 4.85. The summed E-state index contributed by atoms with van der Waals surface area (Å²) in [5.41, 5.74) is -0.491. The predicted molar refractivity (Wildman–Crippen MR) is 74.6 cm³/mol. The van der Waals surface area contributed by atoms with E-state index in [2.05, 4.69) is 0 Å². The van der Waals surface area contributed by atoms with Crippen molar-refractivity contribution in [3.05, 3.63) is 11.4 Å². The Labute approximate surface area is 110 Å². The van der Waals surface area contributed by atoms with Crippen LogP contribution in [0.2, 0.25) is 0 Å². The van der Waals surface area contributed by atoms with E-state index in [9.17, 15) is 9.36 Å². The highest BCUT2D eigenvalue weighted by Crippen LogP contribution is 2.47. The van der Waals surface area contributed by atoms with Gasteiger partial charge in [-0.25, -0.2) is 4.79 Å². The van der Waals surface area contributed by atoms with Crippen molar-refractivity contribution in [2.24, 2.45) is 0 Å². The highest BCUT2D eigenvalue weighted by molar-refractivity contribution is 7.66. The van der Waals surface area contributed by atoms with Gasteiger partial charge in [0.05, 0.1) is 6.54 Å². The summed E-state index contributed by atoms with van der Waals surface area (Å²) in [6.07, 6.45) is 3.47. The molecule has 1 aliphatic heterocycles. The van der Waals surface area contributed by atoms with Gasteiger partial charge >= 0.3 is 6.09 Å². The first-order chi connectivity index (χ1) is 8.09. The summed E-state index contributed by atoms with van der Waals surface area (Å²) in [5, 5.41) is 0.880. The van der Waals surface area contributed by atoms with Crippen molar-refractivity contribution >= 4 is 13.2 Å². The van der Waals surface area contributed by atoms with Crippen molar-refractivity contribution in [1.82, 2.24) is 4.90 Å². The van der Waals surface area contributed by atoms with E-state index in [1.54, 1.807) is 18.2 Å². The molecule has 18 heavy (non-hydrogen) atoms.